The fourth-order valence-electron chi connectivity index (χ4n) is 2.75. The minimum absolute atomic E-state index is 0.0667. The highest BCUT2D eigenvalue weighted by molar-refractivity contribution is 9.10. The van der Waals surface area contributed by atoms with E-state index in [0.717, 1.165) is 26.8 Å². The molecule has 1 atom stereocenters. The molecule has 0 spiro atoms. The molecule has 0 bridgehead atoms. The molecule has 7 heteroatoms. The van der Waals surface area contributed by atoms with Crippen molar-refractivity contribution in [3.8, 4) is 17.1 Å². The Morgan fingerprint density at radius 3 is 2.56 bits per heavy atom. The van der Waals surface area contributed by atoms with Gasteiger partial charge in [0.1, 0.15) is 5.75 Å². The van der Waals surface area contributed by atoms with Crippen LogP contribution < -0.4 is 4.74 Å². The molecule has 0 saturated carbocycles. The van der Waals surface area contributed by atoms with Gasteiger partial charge in [-0.1, -0.05) is 52.0 Å². The first kappa shape index (κ1) is 19.6. The molecule has 1 aromatic heterocycles. The van der Waals surface area contributed by atoms with Crippen LogP contribution in [-0.4, -0.2) is 32.9 Å². The van der Waals surface area contributed by atoms with Crippen molar-refractivity contribution in [1.82, 2.24) is 14.8 Å². The maximum Gasteiger partial charge on any atom is 0.192 e. The molecule has 1 unspecified atom stereocenters. The predicted molar refractivity (Wildman–Crippen MR) is 111 cm³/mol. The summed E-state index contributed by atoms with van der Waals surface area (Å²) in [6.45, 7) is 4.63. The minimum Gasteiger partial charge on any atom is -0.496 e. The molecule has 0 N–H and O–H groups in total. The summed E-state index contributed by atoms with van der Waals surface area (Å²) in [5, 5.41) is 9.13. The molecule has 0 fully saturated rings. The Labute approximate surface area is 171 Å². The Morgan fingerprint density at radius 2 is 1.89 bits per heavy atom. The van der Waals surface area contributed by atoms with E-state index in [1.807, 2.05) is 66.9 Å². The Bertz CT molecular complexity index is 941. The number of ketones is 1. The van der Waals surface area contributed by atoms with E-state index < -0.39 is 0 Å². The molecule has 0 aliphatic rings. The van der Waals surface area contributed by atoms with Crippen molar-refractivity contribution in [1.29, 1.82) is 0 Å². The number of thioether (sulfide) groups is 1. The van der Waals surface area contributed by atoms with Crippen molar-refractivity contribution in [2.45, 2.75) is 30.8 Å². The fraction of sp³-hybridized carbons (Fsp3) is 0.250. The second kappa shape index (κ2) is 8.71. The summed E-state index contributed by atoms with van der Waals surface area (Å²) in [6, 6.07) is 15.1. The first-order chi connectivity index (χ1) is 13.0. The lowest BCUT2D eigenvalue weighted by Gasteiger charge is -2.13. The third kappa shape index (κ3) is 4.25. The molecule has 5 nitrogen and oxygen atoms in total. The number of para-hydroxylation sites is 1. The number of carbonyl (C=O) groups is 1. The highest BCUT2D eigenvalue weighted by Crippen LogP contribution is 2.32. The number of halogens is 1. The van der Waals surface area contributed by atoms with Gasteiger partial charge < -0.3 is 9.30 Å². The Hall–Kier alpha value is -2.12. The van der Waals surface area contributed by atoms with E-state index >= 15 is 0 Å². The number of hydrogen-bond acceptors (Lipinski definition) is 5. The summed E-state index contributed by atoms with van der Waals surface area (Å²) in [7, 11) is 1.64. The number of aromatic nitrogens is 3. The molecule has 0 aliphatic carbocycles. The van der Waals surface area contributed by atoms with Gasteiger partial charge in [-0.2, -0.15) is 0 Å². The molecular weight excluding hydrogens is 426 g/mol. The predicted octanol–water partition coefficient (Wildman–Crippen LogP) is 5.10. The van der Waals surface area contributed by atoms with Crippen molar-refractivity contribution >= 4 is 33.5 Å². The molecule has 1 heterocycles. The standard InChI is InChI=1S/C20H20BrN3O2S/c1-4-24-19(16-7-5-6-8-17(16)26-3)22-23-20(24)27-13(2)18(25)14-9-11-15(21)12-10-14/h5-13H,4H2,1-3H3. The minimum atomic E-state index is -0.272. The summed E-state index contributed by atoms with van der Waals surface area (Å²) in [4.78, 5) is 12.7. The van der Waals surface area contributed by atoms with Gasteiger partial charge in [-0.15, -0.1) is 10.2 Å². The summed E-state index contributed by atoms with van der Waals surface area (Å²) in [5.41, 5.74) is 1.57. The molecule has 2 aromatic carbocycles. The van der Waals surface area contributed by atoms with Crippen LogP contribution in [0.2, 0.25) is 0 Å². The van der Waals surface area contributed by atoms with Crippen LogP contribution in [0.1, 0.15) is 24.2 Å². The molecule has 3 rings (SSSR count). The normalized spacial score (nSPS) is 12.0. The molecule has 3 aromatic rings. The number of nitrogens with zero attached hydrogens (tertiary/aromatic N) is 3. The maximum atomic E-state index is 12.7. The van der Waals surface area contributed by atoms with E-state index in [0.29, 0.717) is 12.1 Å². The average molecular weight is 446 g/mol. The van der Waals surface area contributed by atoms with Crippen LogP contribution >= 0.6 is 27.7 Å². The highest BCUT2D eigenvalue weighted by Gasteiger charge is 2.22. The molecule has 0 saturated heterocycles. The van der Waals surface area contributed by atoms with E-state index in [1.54, 1.807) is 7.11 Å². The smallest absolute Gasteiger partial charge is 0.192 e. The maximum absolute atomic E-state index is 12.7. The Kier molecular flexibility index (Phi) is 6.34. The lowest BCUT2D eigenvalue weighted by Crippen LogP contribution is -2.14. The van der Waals surface area contributed by atoms with Gasteiger partial charge in [0, 0.05) is 16.6 Å². The molecule has 27 heavy (non-hydrogen) atoms. The second-order valence-corrected chi connectivity index (χ2v) is 8.11. The van der Waals surface area contributed by atoms with Crippen molar-refractivity contribution in [3.05, 3.63) is 58.6 Å². The zero-order valence-electron chi connectivity index (χ0n) is 15.3. The van der Waals surface area contributed by atoms with E-state index in [-0.39, 0.29) is 11.0 Å². The Balaban J connectivity index is 1.86. The largest absolute Gasteiger partial charge is 0.496 e. The second-order valence-electron chi connectivity index (χ2n) is 5.88. The van der Waals surface area contributed by atoms with Gasteiger partial charge in [0.15, 0.2) is 16.8 Å². The van der Waals surface area contributed by atoms with Crippen molar-refractivity contribution < 1.29 is 9.53 Å². The van der Waals surface area contributed by atoms with E-state index in [1.165, 1.54) is 11.8 Å². The summed E-state index contributed by atoms with van der Waals surface area (Å²) >= 11 is 4.81. The van der Waals surface area contributed by atoms with E-state index in [4.69, 9.17) is 4.74 Å². The van der Waals surface area contributed by atoms with Gasteiger partial charge in [0.25, 0.3) is 0 Å². The van der Waals surface area contributed by atoms with Crippen LogP contribution in [0.25, 0.3) is 11.4 Å². The molecule has 0 aliphatic heterocycles. The zero-order valence-corrected chi connectivity index (χ0v) is 17.8. The van der Waals surface area contributed by atoms with Gasteiger partial charge in [0.05, 0.1) is 17.9 Å². The monoisotopic (exact) mass is 445 g/mol. The first-order valence-electron chi connectivity index (χ1n) is 8.58. The fourth-order valence-corrected chi connectivity index (χ4v) is 4.00. The molecule has 0 amide bonds. The highest BCUT2D eigenvalue weighted by atomic mass is 79.9. The summed E-state index contributed by atoms with van der Waals surface area (Å²) in [6.07, 6.45) is 0. The average Bonchev–Trinajstić information content (AvgIpc) is 3.10. The lowest BCUT2D eigenvalue weighted by molar-refractivity contribution is 0.0994. The van der Waals surface area contributed by atoms with Gasteiger partial charge in [-0.05, 0) is 38.1 Å². The third-order valence-electron chi connectivity index (χ3n) is 4.16. The van der Waals surface area contributed by atoms with E-state index in [9.17, 15) is 4.79 Å². The van der Waals surface area contributed by atoms with Crippen molar-refractivity contribution in [2.24, 2.45) is 0 Å². The number of ether oxygens (including phenoxy) is 1. The zero-order chi connectivity index (χ0) is 19.4. The number of hydrogen-bond donors (Lipinski definition) is 0. The molecular formula is C20H20BrN3O2S. The van der Waals surface area contributed by atoms with Gasteiger partial charge in [-0.25, -0.2) is 0 Å². The van der Waals surface area contributed by atoms with Gasteiger partial charge in [0.2, 0.25) is 0 Å². The Morgan fingerprint density at radius 1 is 1.19 bits per heavy atom. The van der Waals surface area contributed by atoms with Crippen LogP contribution in [0.5, 0.6) is 5.75 Å². The van der Waals surface area contributed by atoms with Crippen LogP contribution in [0.3, 0.4) is 0 Å². The van der Waals surface area contributed by atoms with Crippen LogP contribution in [0.4, 0.5) is 0 Å². The summed E-state index contributed by atoms with van der Waals surface area (Å²) < 4.78 is 8.41. The number of benzene rings is 2. The van der Waals surface area contributed by atoms with E-state index in [2.05, 4.69) is 26.1 Å². The number of Topliss-reactive ketones (excluding diaryl/α,β-unsaturated/α-hetero) is 1. The first-order valence-corrected chi connectivity index (χ1v) is 10.3. The topological polar surface area (TPSA) is 57.0 Å². The quantitative estimate of drug-likeness (QED) is 0.373. The number of carbonyl (C=O) groups excluding carboxylic acids is 1. The van der Waals surface area contributed by atoms with Crippen LogP contribution in [0, 0.1) is 0 Å². The number of methoxy groups -OCH3 is 1. The molecule has 140 valence electrons. The van der Waals surface area contributed by atoms with Crippen LogP contribution in [0.15, 0.2) is 58.2 Å². The van der Waals surface area contributed by atoms with Gasteiger partial charge in [-0.3, -0.25) is 4.79 Å². The SMILES string of the molecule is CCn1c(SC(C)C(=O)c2ccc(Br)cc2)nnc1-c1ccccc1OC. The molecule has 0 radical (unpaired) electrons. The summed E-state index contributed by atoms with van der Waals surface area (Å²) in [5.74, 6) is 1.55. The third-order valence-corrected chi connectivity index (χ3v) is 5.77. The lowest BCUT2D eigenvalue weighted by atomic mass is 10.1. The number of rotatable bonds is 7. The van der Waals surface area contributed by atoms with Crippen LogP contribution in [-0.2, 0) is 6.54 Å². The van der Waals surface area contributed by atoms with Crippen molar-refractivity contribution in [2.75, 3.05) is 7.11 Å². The van der Waals surface area contributed by atoms with Crippen molar-refractivity contribution in [3.63, 3.8) is 0 Å². The van der Waals surface area contributed by atoms with Gasteiger partial charge >= 0.3 is 0 Å².